The maximum atomic E-state index is 12.7. The summed E-state index contributed by atoms with van der Waals surface area (Å²) in [6, 6.07) is 20.8. The number of carbonyl (C=O) groups is 1. The molecule has 0 bridgehead atoms. The van der Waals surface area contributed by atoms with Crippen LogP contribution in [-0.2, 0) is 0 Å². The lowest BCUT2D eigenvalue weighted by atomic mass is 10.1. The molecule has 8 nitrogen and oxygen atoms in total. The zero-order chi connectivity index (χ0) is 22.8. The van der Waals surface area contributed by atoms with Gasteiger partial charge in [-0.3, -0.25) is 4.79 Å². The van der Waals surface area contributed by atoms with Crippen LogP contribution in [0.25, 0.3) is 17.1 Å². The molecule has 3 aromatic carbocycles. The Bertz CT molecular complexity index is 1310. The average molecular weight is 442 g/mol. The van der Waals surface area contributed by atoms with Crippen molar-refractivity contribution in [2.45, 2.75) is 13.8 Å². The number of nitrogens with zero attached hydrogens (tertiary/aromatic N) is 3. The molecule has 5 rings (SSSR count). The van der Waals surface area contributed by atoms with E-state index in [1.807, 2.05) is 62.4 Å². The molecular weight excluding hydrogens is 420 g/mol. The second-order valence-corrected chi connectivity index (χ2v) is 7.45. The number of carbonyl (C=O) groups excluding carboxylic acids is 1. The number of fused-ring (bicyclic) bond motifs is 1. The van der Waals surface area contributed by atoms with Crippen LogP contribution in [0.3, 0.4) is 0 Å². The molecule has 1 N–H and O–H groups in total. The van der Waals surface area contributed by atoms with Crippen molar-refractivity contribution in [3.05, 3.63) is 77.9 Å². The molecule has 0 spiro atoms. The number of anilines is 1. The highest BCUT2D eigenvalue weighted by atomic mass is 16.7. The number of amides is 1. The molecule has 1 amide bonds. The Morgan fingerprint density at radius 2 is 1.85 bits per heavy atom. The lowest BCUT2D eigenvalue weighted by Gasteiger charge is -2.10. The van der Waals surface area contributed by atoms with E-state index in [1.165, 1.54) is 0 Å². The quantitative estimate of drug-likeness (QED) is 0.469. The molecule has 0 radical (unpaired) electrons. The van der Waals surface area contributed by atoms with E-state index < -0.39 is 0 Å². The number of rotatable bonds is 6. The summed E-state index contributed by atoms with van der Waals surface area (Å²) in [6.45, 7) is 4.57. The molecule has 0 saturated heterocycles. The van der Waals surface area contributed by atoms with Crippen LogP contribution in [0.4, 0.5) is 5.69 Å². The molecule has 1 aliphatic heterocycles. The average Bonchev–Trinajstić information content (AvgIpc) is 3.47. The second kappa shape index (κ2) is 8.66. The van der Waals surface area contributed by atoms with Crippen molar-refractivity contribution in [2.75, 3.05) is 18.7 Å². The van der Waals surface area contributed by atoms with Crippen molar-refractivity contribution in [2.24, 2.45) is 0 Å². The Hall–Kier alpha value is -4.33. The van der Waals surface area contributed by atoms with Gasteiger partial charge in [0.05, 0.1) is 12.3 Å². The van der Waals surface area contributed by atoms with Gasteiger partial charge in [0, 0.05) is 16.8 Å². The van der Waals surface area contributed by atoms with Crippen molar-refractivity contribution >= 4 is 11.6 Å². The van der Waals surface area contributed by atoms with Crippen molar-refractivity contribution in [3.8, 4) is 34.6 Å². The first kappa shape index (κ1) is 20.6. The van der Waals surface area contributed by atoms with Crippen LogP contribution < -0.4 is 19.5 Å². The molecule has 1 aromatic heterocycles. The topological polar surface area (TPSA) is 87.5 Å². The van der Waals surface area contributed by atoms with Gasteiger partial charge in [-0.25, -0.2) is 4.68 Å². The molecule has 4 aromatic rings. The Morgan fingerprint density at radius 3 is 2.64 bits per heavy atom. The molecule has 8 heteroatoms. The largest absolute Gasteiger partial charge is 0.463 e. The second-order valence-electron chi connectivity index (χ2n) is 7.45. The van der Waals surface area contributed by atoms with Gasteiger partial charge in [-0.05, 0) is 61.9 Å². The highest BCUT2D eigenvalue weighted by Gasteiger charge is 2.18. The van der Waals surface area contributed by atoms with Crippen molar-refractivity contribution in [3.63, 3.8) is 0 Å². The molecule has 2 heterocycles. The van der Waals surface area contributed by atoms with Crippen LogP contribution in [0.15, 0.2) is 66.7 Å². The normalized spacial score (nSPS) is 11.9. The van der Waals surface area contributed by atoms with Crippen LogP contribution in [0.5, 0.6) is 17.5 Å². The fraction of sp³-hybridized carbons (Fsp3) is 0.160. The standard InChI is InChI=1S/C25H22N4O4/c1-3-31-25-27-23(20-7-5-4-6-16(20)2)29(28-25)19-11-9-18(10-12-19)26-24(30)17-8-13-21-22(14-17)33-15-32-21/h4-14H,3,15H2,1-2H3,(H,26,30). The zero-order valence-electron chi connectivity index (χ0n) is 18.2. The Kier molecular flexibility index (Phi) is 5.40. The van der Waals surface area contributed by atoms with Gasteiger partial charge >= 0.3 is 6.01 Å². The summed E-state index contributed by atoms with van der Waals surface area (Å²) in [4.78, 5) is 17.3. The number of aryl methyl sites for hydroxylation is 1. The first-order valence-electron chi connectivity index (χ1n) is 10.6. The maximum absolute atomic E-state index is 12.7. The fourth-order valence-corrected chi connectivity index (χ4v) is 3.59. The lowest BCUT2D eigenvalue weighted by molar-refractivity contribution is 0.102. The first-order valence-corrected chi connectivity index (χ1v) is 10.6. The molecule has 33 heavy (non-hydrogen) atoms. The predicted molar refractivity (Wildman–Crippen MR) is 123 cm³/mol. The number of hydrogen-bond acceptors (Lipinski definition) is 6. The number of benzene rings is 3. The summed E-state index contributed by atoms with van der Waals surface area (Å²) in [6.07, 6.45) is 0. The van der Waals surface area contributed by atoms with E-state index >= 15 is 0 Å². The third-order valence-electron chi connectivity index (χ3n) is 5.25. The Balaban J connectivity index is 1.40. The minimum absolute atomic E-state index is 0.166. The van der Waals surface area contributed by atoms with Gasteiger partial charge in [-0.15, -0.1) is 5.10 Å². The summed E-state index contributed by atoms with van der Waals surface area (Å²) in [5.41, 5.74) is 4.00. The predicted octanol–water partition coefficient (Wildman–Crippen LogP) is 4.62. The van der Waals surface area contributed by atoms with E-state index in [0.717, 1.165) is 16.8 Å². The number of hydrogen-bond donors (Lipinski definition) is 1. The highest BCUT2D eigenvalue weighted by molar-refractivity contribution is 6.04. The molecule has 0 atom stereocenters. The molecule has 0 fully saturated rings. The van der Waals surface area contributed by atoms with Crippen LogP contribution in [-0.4, -0.2) is 34.1 Å². The molecule has 166 valence electrons. The minimum Gasteiger partial charge on any atom is -0.463 e. The Labute approximate surface area is 190 Å². The van der Waals surface area contributed by atoms with Crippen LogP contribution in [0.1, 0.15) is 22.8 Å². The number of ether oxygens (including phenoxy) is 3. The summed E-state index contributed by atoms with van der Waals surface area (Å²) in [5.74, 6) is 1.66. The van der Waals surface area contributed by atoms with Gasteiger partial charge in [0.25, 0.3) is 5.91 Å². The van der Waals surface area contributed by atoms with Crippen LogP contribution in [0, 0.1) is 6.92 Å². The van der Waals surface area contributed by atoms with E-state index in [0.29, 0.717) is 41.2 Å². The molecule has 0 saturated carbocycles. The van der Waals surface area contributed by atoms with Gasteiger partial charge in [0.15, 0.2) is 17.3 Å². The number of nitrogens with one attached hydrogen (secondary N) is 1. The summed E-state index contributed by atoms with van der Waals surface area (Å²) >= 11 is 0. The SMILES string of the molecule is CCOc1nc(-c2ccccc2C)n(-c2ccc(NC(=O)c3ccc4c(c3)OCO4)cc2)n1. The monoisotopic (exact) mass is 442 g/mol. The smallest absolute Gasteiger partial charge is 0.336 e. The van der Waals surface area contributed by atoms with Crippen molar-refractivity contribution in [1.82, 2.24) is 14.8 Å². The van der Waals surface area contributed by atoms with Crippen molar-refractivity contribution in [1.29, 1.82) is 0 Å². The van der Waals surface area contributed by atoms with E-state index in [-0.39, 0.29) is 12.7 Å². The highest BCUT2D eigenvalue weighted by Crippen LogP contribution is 2.33. The minimum atomic E-state index is -0.235. The van der Waals surface area contributed by atoms with E-state index in [1.54, 1.807) is 22.9 Å². The fourth-order valence-electron chi connectivity index (χ4n) is 3.59. The summed E-state index contributed by atoms with van der Waals surface area (Å²) in [7, 11) is 0. The molecule has 0 unspecified atom stereocenters. The van der Waals surface area contributed by atoms with Gasteiger partial charge < -0.3 is 19.5 Å². The maximum Gasteiger partial charge on any atom is 0.336 e. The summed E-state index contributed by atoms with van der Waals surface area (Å²) in [5, 5.41) is 7.43. The molecule has 0 aliphatic carbocycles. The number of aromatic nitrogens is 3. The van der Waals surface area contributed by atoms with Crippen molar-refractivity contribution < 1.29 is 19.0 Å². The van der Waals surface area contributed by atoms with E-state index in [4.69, 9.17) is 14.2 Å². The third-order valence-corrected chi connectivity index (χ3v) is 5.25. The lowest BCUT2D eigenvalue weighted by Crippen LogP contribution is -2.12. The van der Waals surface area contributed by atoms with E-state index in [2.05, 4.69) is 15.4 Å². The molecular formula is C25H22N4O4. The van der Waals surface area contributed by atoms with Gasteiger partial charge in [0.1, 0.15) is 0 Å². The Morgan fingerprint density at radius 1 is 1.06 bits per heavy atom. The van der Waals surface area contributed by atoms with Gasteiger partial charge in [0.2, 0.25) is 6.79 Å². The first-order chi connectivity index (χ1) is 16.1. The zero-order valence-corrected chi connectivity index (χ0v) is 18.2. The molecule has 1 aliphatic rings. The van der Waals surface area contributed by atoms with E-state index in [9.17, 15) is 4.79 Å². The van der Waals surface area contributed by atoms with Crippen LogP contribution in [0.2, 0.25) is 0 Å². The third kappa shape index (κ3) is 4.10. The summed E-state index contributed by atoms with van der Waals surface area (Å²) < 4.78 is 17.9. The van der Waals surface area contributed by atoms with Gasteiger partial charge in [-0.1, -0.05) is 24.3 Å². The van der Waals surface area contributed by atoms with Crippen LogP contribution >= 0.6 is 0 Å². The van der Waals surface area contributed by atoms with Gasteiger partial charge in [-0.2, -0.15) is 4.98 Å².